The molecule has 16 rings (SSSR count). The van der Waals surface area contributed by atoms with Crippen LogP contribution in [-0.4, -0.2) is 10.7 Å². The summed E-state index contributed by atoms with van der Waals surface area (Å²) in [5.74, 6) is 0. The predicted octanol–water partition coefficient (Wildman–Crippen LogP) is 22.2. The highest BCUT2D eigenvalue weighted by molar-refractivity contribution is 6.29. The molecule has 0 spiro atoms. The summed E-state index contributed by atoms with van der Waals surface area (Å²) in [4.78, 5) is 9.25. The molecule has 3 nitrogen and oxygen atoms in total. The molecular weight excluding hydrogens is 1040 g/mol. The molecule has 2 N–H and O–H groups in total. The molecule has 0 aliphatic carbocycles. The molecule has 0 bridgehead atoms. The summed E-state index contributed by atoms with van der Waals surface area (Å²) in [6, 6.07) is 104. The second kappa shape index (κ2) is 22.0. The molecule has 0 radical (unpaired) electrons. The van der Waals surface area contributed by atoms with Crippen molar-refractivity contribution in [3.8, 4) is 77.9 Å². The second-order valence-electron chi connectivity index (χ2n) is 22.7. The Morgan fingerprint density at radius 2 is 0.686 bits per heavy atom. The number of aromatic nitrogens is 1. The molecule has 0 unspecified atom stereocenters. The molecular formula is C83H59N3. The van der Waals surface area contributed by atoms with Crippen LogP contribution in [0.1, 0.15) is 19.4 Å². The highest BCUT2D eigenvalue weighted by atomic mass is 14.7. The van der Waals surface area contributed by atoms with E-state index in [9.17, 15) is 0 Å². The van der Waals surface area contributed by atoms with Crippen molar-refractivity contribution in [1.29, 1.82) is 0 Å². The van der Waals surface area contributed by atoms with Gasteiger partial charge in [0.1, 0.15) is 0 Å². The zero-order valence-corrected chi connectivity index (χ0v) is 48.0. The van der Waals surface area contributed by atoms with Crippen LogP contribution in [0, 0.1) is 0 Å². The summed E-state index contributed by atoms with van der Waals surface area (Å²) >= 11 is 0. The third kappa shape index (κ3) is 9.56. The summed E-state index contributed by atoms with van der Waals surface area (Å²) in [6.45, 7) is 4.51. The van der Waals surface area contributed by atoms with Gasteiger partial charge in [-0.3, -0.25) is 9.98 Å². The van der Waals surface area contributed by atoms with Crippen LogP contribution in [0.4, 0.5) is 0 Å². The number of nitrogens with two attached hydrogens (primary N) is 1. The molecule has 3 heteroatoms. The first-order chi connectivity index (χ1) is 42.4. The smallest absolute Gasteiger partial charge is 0.0708 e. The van der Waals surface area contributed by atoms with Crippen LogP contribution < -0.4 is 5.73 Å². The van der Waals surface area contributed by atoms with Gasteiger partial charge in [0.05, 0.1) is 12.1 Å². The minimum absolute atomic E-state index is 0.632. The van der Waals surface area contributed by atoms with Crippen molar-refractivity contribution in [1.82, 2.24) is 4.98 Å². The number of hydrogen-bond acceptors (Lipinski definition) is 3. The molecule has 1 aromatic heterocycles. The molecule has 0 saturated heterocycles. The standard InChI is InChI=1S/C43H27N.C40H32N2/c1-2-7-28(8-3-1)29-13-15-31(16-14-29)39-27-40(38-24-22-34-10-6-9-33-21-23-37(39)43(38)42(33)34)32-19-17-30(18-20-32)35-25-26-44-41-12-5-4-11-36(35)41;1-26(41)23-27(2)42-25-28-11-13-31(14-12-28)37-24-38(32-17-15-30(16-18-32)29-7-4-3-5-8-29)36-22-20-34-10-6-9-33-19-21-35(37)40(36)39(33)34/h1-27H;3-24H,25,41H2,1-2H3/b;26-23-,42-27?. The van der Waals surface area contributed by atoms with Crippen LogP contribution >= 0.6 is 0 Å². The van der Waals surface area contributed by atoms with E-state index in [0.717, 1.165) is 16.9 Å². The fourth-order valence-electron chi connectivity index (χ4n) is 13.1. The van der Waals surface area contributed by atoms with Crippen LogP contribution in [0.15, 0.2) is 308 Å². The molecule has 0 amide bonds. The topological polar surface area (TPSA) is 51.3 Å². The van der Waals surface area contributed by atoms with Crippen LogP contribution in [-0.2, 0) is 6.54 Å². The van der Waals surface area contributed by atoms with Gasteiger partial charge in [0.2, 0.25) is 0 Å². The number of benzene rings is 15. The molecule has 15 aromatic carbocycles. The number of nitrogens with zero attached hydrogens (tertiary/aromatic N) is 2. The number of pyridine rings is 1. The lowest BCUT2D eigenvalue weighted by molar-refractivity contribution is 1.07. The third-order valence-corrected chi connectivity index (χ3v) is 17.3. The van der Waals surface area contributed by atoms with Crippen molar-refractivity contribution in [2.24, 2.45) is 10.7 Å². The van der Waals surface area contributed by atoms with E-state index in [1.165, 1.54) is 153 Å². The highest BCUT2D eigenvalue weighted by Crippen LogP contribution is 2.47. The number of rotatable bonds is 10. The minimum Gasteiger partial charge on any atom is -0.402 e. The Hall–Kier alpha value is -11.0. The Labute approximate surface area is 501 Å². The van der Waals surface area contributed by atoms with Crippen molar-refractivity contribution in [2.75, 3.05) is 0 Å². The van der Waals surface area contributed by atoms with E-state index in [2.05, 4.69) is 289 Å². The Balaban J connectivity index is 0.000000146. The Morgan fingerprint density at radius 1 is 0.326 bits per heavy atom. The summed E-state index contributed by atoms with van der Waals surface area (Å²) < 4.78 is 0. The van der Waals surface area contributed by atoms with Gasteiger partial charge in [-0.05, 0) is 192 Å². The Bertz CT molecular complexity index is 5180. The highest BCUT2D eigenvalue weighted by Gasteiger charge is 2.20. The molecule has 16 aromatic rings. The summed E-state index contributed by atoms with van der Waals surface area (Å²) in [7, 11) is 0. The molecule has 0 atom stereocenters. The summed E-state index contributed by atoms with van der Waals surface area (Å²) in [6.07, 6.45) is 3.81. The quantitative estimate of drug-likeness (QED) is 0.110. The van der Waals surface area contributed by atoms with Gasteiger partial charge in [-0.25, -0.2) is 0 Å². The SMILES string of the molecule is CC(/C=C(/C)N)=NCc1ccc(-c2cc(-c3ccc(-c4ccccc4)cc3)c3ccc4cccc5ccc2c3c54)cc1.c1ccc(-c2ccc(-c3cc(-c4ccc(-c5ccnc6ccccc56)cc4)c4ccc5cccc6ccc3c4c65)cc2)cc1. The van der Waals surface area contributed by atoms with Crippen LogP contribution in [0.3, 0.4) is 0 Å². The van der Waals surface area contributed by atoms with E-state index >= 15 is 0 Å². The fraction of sp³-hybridized carbons (Fsp3) is 0.0361. The number of allylic oxidation sites excluding steroid dienone is 2. The monoisotopic (exact) mass is 1100 g/mol. The maximum absolute atomic E-state index is 5.81. The van der Waals surface area contributed by atoms with Crippen molar-refractivity contribution >= 4 is 81.2 Å². The number of para-hydroxylation sites is 1. The molecule has 86 heavy (non-hydrogen) atoms. The number of hydrogen-bond donors (Lipinski definition) is 1. The largest absolute Gasteiger partial charge is 0.402 e. The van der Waals surface area contributed by atoms with Crippen LogP contribution in [0.25, 0.3) is 153 Å². The normalized spacial score (nSPS) is 12.1. The van der Waals surface area contributed by atoms with E-state index in [0.29, 0.717) is 6.54 Å². The van der Waals surface area contributed by atoms with E-state index in [-0.39, 0.29) is 0 Å². The minimum atomic E-state index is 0.632. The van der Waals surface area contributed by atoms with E-state index < -0.39 is 0 Å². The number of fused-ring (bicyclic) bond motifs is 1. The van der Waals surface area contributed by atoms with Gasteiger partial charge in [0.25, 0.3) is 0 Å². The van der Waals surface area contributed by atoms with Gasteiger partial charge in [-0.15, -0.1) is 0 Å². The van der Waals surface area contributed by atoms with Crippen LogP contribution in [0.2, 0.25) is 0 Å². The third-order valence-electron chi connectivity index (χ3n) is 17.3. The maximum Gasteiger partial charge on any atom is 0.0708 e. The molecule has 0 saturated carbocycles. The predicted molar refractivity (Wildman–Crippen MR) is 368 cm³/mol. The first-order valence-corrected chi connectivity index (χ1v) is 29.6. The van der Waals surface area contributed by atoms with Crippen molar-refractivity contribution < 1.29 is 0 Å². The molecule has 0 aliphatic rings. The number of aliphatic imine (C=N–C) groups is 1. The Morgan fingerprint density at radius 3 is 1.10 bits per heavy atom. The summed E-state index contributed by atoms with van der Waals surface area (Å²) in [5.41, 5.74) is 26.9. The molecule has 1 heterocycles. The van der Waals surface area contributed by atoms with Gasteiger partial charge in [-0.2, -0.15) is 0 Å². The van der Waals surface area contributed by atoms with E-state index in [1.54, 1.807) is 0 Å². The van der Waals surface area contributed by atoms with Crippen LogP contribution in [0.5, 0.6) is 0 Å². The van der Waals surface area contributed by atoms with Gasteiger partial charge in [0.15, 0.2) is 0 Å². The first kappa shape index (κ1) is 51.8. The van der Waals surface area contributed by atoms with E-state index in [1.807, 2.05) is 32.2 Å². The fourth-order valence-corrected chi connectivity index (χ4v) is 13.1. The van der Waals surface area contributed by atoms with Crippen molar-refractivity contribution in [3.05, 3.63) is 309 Å². The molecule has 0 fully saturated rings. The van der Waals surface area contributed by atoms with E-state index in [4.69, 9.17) is 5.73 Å². The van der Waals surface area contributed by atoms with Crippen molar-refractivity contribution in [2.45, 2.75) is 20.4 Å². The second-order valence-corrected chi connectivity index (χ2v) is 22.7. The molecule has 0 aliphatic heterocycles. The zero-order chi connectivity index (χ0) is 57.7. The van der Waals surface area contributed by atoms with Gasteiger partial charge in [-0.1, -0.05) is 261 Å². The molecule has 406 valence electrons. The first-order valence-electron chi connectivity index (χ1n) is 29.6. The lowest BCUT2D eigenvalue weighted by atomic mass is 9.85. The van der Waals surface area contributed by atoms with Gasteiger partial charge < -0.3 is 5.73 Å². The zero-order valence-electron chi connectivity index (χ0n) is 48.0. The van der Waals surface area contributed by atoms with Gasteiger partial charge in [0, 0.05) is 23.0 Å². The lowest BCUT2D eigenvalue weighted by Crippen LogP contribution is -1.96. The Kier molecular flexibility index (Phi) is 13.2. The van der Waals surface area contributed by atoms with Crippen molar-refractivity contribution in [3.63, 3.8) is 0 Å². The maximum atomic E-state index is 5.81. The average Bonchev–Trinajstić information content (AvgIpc) is 0.810. The average molecular weight is 1100 g/mol. The van der Waals surface area contributed by atoms with Gasteiger partial charge >= 0.3 is 0 Å². The lowest BCUT2D eigenvalue weighted by Gasteiger charge is -2.18. The summed E-state index contributed by atoms with van der Waals surface area (Å²) in [5, 5.41) is 16.8.